The van der Waals surface area contributed by atoms with E-state index in [-0.39, 0.29) is 34.4 Å². The number of rotatable bonds is 11. The van der Waals surface area contributed by atoms with Crippen LogP contribution in [0, 0.1) is 44.8 Å². The number of fused-ring (bicyclic) bond motifs is 3. The molecule has 0 bridgehead atoms. The van der Waals surface area contributed by atoms with Crippen molar-refractivity contribution in [2.24, 2.45) is 44.8 Å². The van der Waals surface area contributed by atoms with Crippen LogP contribution in [0.1, 0.15) is 119 Å². The minimum Gasteiger partial charge on any atom is -0.481 e. The normalized spacial score (nSPS) is 48.6. The van der Waals surface area contributed by atoms with Gasteiger partial charge in [0.1, 0.15) is 36.6 Å². The lowest BCUT2D eigenvalue weighted by atomic mass is 9.40. The Labute approximate surface area is 345 Å². The Kier molecular flexibility index (Phi) is 12.7. The van der Waals surface area contributed by atoms with E-state index < -0.39 is 102 Å². The summed E-state index contributed by atoms with van der Waals surface area (Å²) >= 11 is 0. The van der Waals surface area contributed by atoms with Crippen LogP contribution >= 0.6 is 0 Å². The highest BCUT2D eigenvalue weighted by Gasteiger charge is 2.63. The summed E-state index contributed by atoms with van der Waals surface area (Å²) in [5.41, 5.74) is -1.27. The van der Waals surface area contributed by atoms with Gasteiger partial charge in [0.15, 0.2) is 30.6 Å². The monoisotopic (exact) mass is 838 g/mol. The maximum atomic E-state index is 14.2. The Hall–Kier alpha value is -2.54. The smallest absolute Gasteiger partial charge is 0.335 e. The average molecular weight is 839 g/mol. The summed E-state index contributed by atoms with van der Waals surface area (Å²) < 4.78 is 23.3. The number of allylic oxidation sites excluding steroid dienone is 2. The number of ketones is 1. The van der Waals surface area contributed by atoms with Crippen molar-refractivity contribution in [1.29, 1.82) is 0 Å². The van der Waals surface area contributed by atoms with Crippen LogP contribution in [0.4, 0.5) is 0 Å². The van der Waals surface area contributed by atoms with E-state index in [0.29, 0.717) is 44.9 Å². The lowest BCUT2D eigenvalue weighted by Crippen LogP contribution is -2.66. The van der Waals surface area contributed by atoms with Crippen molar-refractivity contribution in [3.8, 4) is 0 Å². The molecule has 2 heterocycles. The number of aliphatic hydroxyl groups excluding tert-OH is 5. The lowest BCUT2D eigenvalue weighted by Gasteiger charge is -2.64. The van der Waals surface area contributed by atoms with Crippen LogP contribution in [0.25, 0.3) is 0 Å². The molecule has 4 aliphatic carbocycles. The molecule has 0 aromatic rings. The van der Waals surface area contributed by atoms with Crippen molar-refractivity contribution < 1.29 is 79.0 Å². The van der Waals surface area contributed by atoms with Crippen LogP contribution in [-0.4, -0.2) is 132 Å². The first kappa shape index (κ1) is 46.0. The molecule has 18 unspecified atom stereocenters. The zero-order valence-electron chi connectivity index (χ0n) is 35.3. The number of ether oxygens (including phenoxy) is 4. The van der Waals surface area contributed by atoms with Crippen LogP contribution < -0.4 is 0 Å². The van der Waals surface area contributed by atoms with Gasteiger partial charge in [-0.2, -0.15) is 0 Å². The standard InChI is InChI=1S/C43H66O16/c1-8-21-24(44)18-22-23-19-41(5,38(54)55)15-14-40(23,4)16-17-43(22,7)42(21,6)13-12-20-10-9-11-25(39(20,2)3)56-37-33(29(48)28(47)32(58-37)35(52)53)59-36-30(49)26(45)27(46)31(57-36)34(50)51/h18,20-21,23,25-33,36-37,45-49H,8-17,19H2,1-7H3,(H,50,51)(H,52,53)(H,54,55). The molecule has 6 rings (SSSR count). The van der Waals surface area contributed by atoms with Gasteiger partial charge in [-0.05, 0) is 111 Å². The average Bonchev–Trinajstić information content (AvgIpc) is 3.16. The fraction of sp³-hybridized carbons (Fsp3) is 0.860. The highest BCUT2D eigenvalue weighted by Crippen LogP contribution is 2.69. The Morgan fingerprint density at radius 1 is 0.763 bits per heavy atom. The molecule has 8 N–H and O–H groups in total. The molecule has 18 atom stereocenters. The predicted octanol–water partition coefficient (Wildman–Crippen LogP) is 3.03. The number of hydrogen-bond acceptors (Lipinski definition) is 13. The molecular formula is C43H66O16. The molecule has 0 aromatic heterocycles. The van der Waals surface area contributed by atoms with Gasteiger partial charge in [0.05, 0.1) is 11.5 Å². The second-order valence-corrected chi connectivity index (χ2v) is 20.2. The van der Waals surface area contributed by atoms with Gasteiger partial charge in [-0.15, -0.1) is 0 Å². The summed E-state index contributed by atoms with van der Waals surface area (Å²) in [4.78, 5) is 50.6. The molecule has 0 amide bonds. The number of carbonyl (C=O) groups is 4. The molecule has 6 aliphatic rings. The van der Waals surface area contributed by atoms with Crippen molar-refractivity contribution in [2.75, 3.05) is 0 Å². The first-order chi connectivity index (χ1) is 27.4. The molecule has 2 aliphatic heterocycles. The molecule has 59 heavy (non-hydrogen) atoms. The maximum Gasteiger partial charge on any atom is 0.335 e. The molecule has 5 fully saturated rings. The van der Waals surface area contributed by atoms with Crippen LogP contribution in [0.5, 0.6) is 0 Å². The Balaban J connectivity index is 1.24. The predicted molar refractivity (Wildman–Crippen MR) is 206 cm³/mol. The van der Waals surface area contributed by atoms with Crippen molar-refractivity contribution in [3.05, 3.63) is 11.6 Å². The minimum absolute atomic E-state index is 0.0290. The number of carboxylic acid groups (broad SMARTS) is 3. The highest BCUT2D eigenvalue weighted by molar-refractivity contribution is 5.95. The Morgan fingerprint density at radius 2 is 1.36 bits per heavy atom. The summed E-state index contributed by atoms with van der Waals surface area (Å²) in [5.74, 6) is -4.19. The molecular weight excluding hydrogens is 772 g/mol. The third-order valence-corrected chi connectivity index (χ3v) is 16.7. The van der Waals surface area contributed by atoms with Crippen molar-refractivity contribution >= 4 is 23.7 Å². The number of carboxylic acids is 3. The van der Waals surface area contributed by atoms with Crippen molar-refractivity contribution in [3.63, 3.8) is 0 Å². The summed E-state index contributed by atoms with van der Waals surface area (Å²) in [6.45, 7) is 14.7. The SMILES string of the molecule is CCC1C(=O)C=C2C3CC(C)(C(=O)O)CCC3(C)CCC2(C)C1(C)CCC1CCCC(OC2OC(C(=O)O)C(O)C(O)C2OC2OC(C(=O)O)C(O)C(O)C2O)C1(C)C. The van der Waals surface area contributed by atoms with E-state index in [4.69, 9.17) is 18.9 Å². The molecule has 3 saturated carbocycles. The second kappa shape index (κ2) is 16.3. The van der Waals surface area contributed by atoms with E-state index in [2.05, 4.69) is 20.8 Å². The zero-order chi connectivity index (χ0) is 43.8. The Bertz CT molecular complexity index is 1660. The third-order valence-electron chi connectivity index (χ3n) is 16.7. The number of carbonyl (C=O) groups excluding carboxylic acids is 1. The minimum atomic E-state index is -2.04. The molecule has 334 valence electrons. The third kappa shape index (κ3) is 7.70. The fourth-order valence-corrected chi connectivity index (χ4v) is 12.1. The molecule has 0 radical (unpaired) electrons. The van der Waals surface area contributed by atoms with Crippen LogP contribution in [0.3, 0.4) is 0 Å². The van der Waals surface area contributed by atoms with E-state index in [1.807, 2.05) is 33.8 Å². The van der Waals surface area contributed by atoms with Crippen molar-refractivity contribution in [2.45, 2.75) is 187 Å². The summed E-state index contributed by atoms with van der Waals surface area (Å²) in [6.07, 6.45) is -10.3. The fourth-order valence-electron chi connectivity index (χ4n) is 12.1. The van der Waals surface area contributed by atoms with Gasteiger partial charge in [0, 0.05) is 5.92 Å². The van der Waals surface area contributed by atoms with E-state index in [1.54, 1.807) is 0 Å². The zero-order valence-corrected chi connectivity index (χ0v) is 35.3. The van der Waals surface area contributed by atoms with Gasteiger partial charge in [0.2, 0.25) is 0 Å². The largest absolute Gasteiger partial charge is 0.481 e. The van der Waals surface area contributed by atoms with E-state index in [1.165, 1.54) is 0 Å². The van der Waals surface area contributed by atoms with Crippen molar-refractivity contribution in [1.82, 2.24) is 0 Å². The maximum absolute atomic E-state index is 14.2. The van der Waals surface area contributed by atoms with Gasteiger partial charge in [0.25, 0.3) is 0 Å². The van der Waals surface area contributed by atoms with Gasteiger partial charge >= 0.3 is 17.9 Å². The number of aliphatic carboxylic acids is 3. The number of aliphatic hydroxyl groups is 5. The summed E-state index contributed by atoms with van der Waals surface area (Å²) in [7, 11) is 0. The first-order valence-electron chi connectivity index (χ1n) is 21.3. The summed E-state index contributed by atoms with van der Waals surface area (Å²) in [5, 5.41) is 82.9. The molecule has 16 heteroatoms. The molecule has 2 saturated heterocycles. The van der Waals surface area contributed by atoms with Gasteiger partial charge in [-0.1, -0.05) is 53.5 Å². The molecule has 16 nitrogen and oxygen atoms in total. The molecule has 0 aromatic carbocycles. The van der Waals surface area contributed by atoms with Gasteiger partial charge in [-0.25, -0.2) is 9.59 Å². The van der Waals surface area contributed by atoms with E-state index in [0.717, 1.165) is 31.3 Å². The first-order valence-corrected chi connectivity index (χ1v) is 21.3. The number of hydrogen-bond donors (Lipinski definition) is 8. The highest BCUT2D eigenvalue weighted by atomic mass is 16.8. The van der Waals surface area contributed by atoms with Crippen LogP contribution in [0.15, 0.2) is 11.6 Å². The molecule has 0 spiro atoms. The quantitative estimate of drug-likeness (QED) is 0.149. The van der Waals surface area contributed by atoms with E-state index in [9.17, 15) is 60.0 Å². The lowest BCUT2D eigenvalue weighted by molar-refractivity contribution is -0.369. The van der Waals surface area contributed by atoms with Gasteiger partial charge in [-0.3, -0.25) is 9.59 Å². The summed E-state index contributed by atoms with van der Waals surface area (Å²) in [6, 6.07) is 0. The van der Waals surface area contributed by atoms with Crippen LogP contribution in [-0.2, 0) is 38.1 Å². The second-order valence-electron chi connectivity index (χ2n) is 20.2. The topological polar surface area (TPSA) is 267 Å². The van der Waals surface area contributed by atoms with E-state index >= 15 is 0 Å². The Morgan fingerprint density at radius 3 is 1.95 bits per heavy atom. The van der Waals surface area contributed by atoms with Crippen LogP contribution in [0.2, 0.25) is 0 Å². The van der Waals surface area contributed by atoms with Gasteiger partial charge < -0.3 is 59.8 Å².